The number of hydrogen-bond donors (Lipinski definition) is 0. The molecule has 2 unspecified atom stereocenters. The van der Waals surface area contributed by atoms with E-state index in [2.05, 4.69) is 4.90 Å². The zero-order valence-corrected chi connectivity index (χ0v) is 10.0. The number of alkyl halides is 1. The molecule has 3 heteroatoms. The molecule has 2 fully saturated rings. The summed E-state index contributed by atoms with van der Waals surface area (Å²) < 4.78 is 0. The van der Waals surface area contributed by atoms with Gasteiger partial charge in [-0.05, 0) is 31.6 Å². The number of rotatable bonds is 2. The average molecular weight is 230 g/mol. The topological polar surface area (TPSA) is 20.3 Å². The highest BCUT2D eigenvalue weighted by Gasteiger charge is 2.35. The maximum Gasteiger partial charge on any atom is 0.224 e. The van der Waals surface area contributed by atoms with Crippen LogP contribution >= 0.6 is 11.6 Å². The molecule has 0 spiro atoms. The summed E-state index contributed by atoms with van der Waals surface area (Å²) in [7, 11) is 0. The van der Waals surface area contributed by atoms with Crippen molar-refractivity contribution in [3.05, 3.63) is 0 Å². The number of carbonyl (C=O) groups excluding carboxylic acids is 1. The minimum atomic E-state index is 0.279. The minimum absolute atomic E-state index is 0.279. The van der Waals surface area contributed by atoms with E-state index in [1.54, 1.807) is 0 Å². The Balaban J connectivity index is 2.00. The van der Waals surface area contributed by atoms with Crippen molar-refractivity contribution in [2.75, 3.05) is 12.4 Å². The fourth-order valence-corrected chi connectivity index (χ4v) is 3.32. The molecule has 1 heterocycles. The van der Waals surface area contributed by atoms with Crippen LogP contribution in [-0.4, -0.2) is 29.3 Å². The summed E-state index contributed by atoms with van der Waals surface area (Å²) in [5.41, 5.74) is 0. The highest BCUT2D eigenvalue weighted by atomic mass is 35.5. The molecule has 0 aromatic rings. The molecule has 1 saturated heterocycles. The number of halogens is 1. The Labute approximate surface area is 97.0 Å². The Morgan fingerprint density at radius 3 is 2.73 bits per heavy atom. The fourth-order valence-electron chi connectivity index (χ4n) is 3.16. The molecular formula is C12H20ClNO. The third kappa shape index (κ3) is 2.47. The number of hydrogen-bond acceptors (Lipinski definition) is 1. The summed E-state index contributed by atoms with van der Waals surface area (Å²) >= 11 is 5.64. The van der Waals surface area contributed by atoms with E-state index in [1.807, 2.05) is 0 Å². The van der Waals surface area contributed by atoms with Crippen molar-refractivity contribution >= 4 is 17.5 Å². The van der Waals surface area contributed by atoms with Gasteiger partial charge in [-0.1, -0.05) is 12.8 Å². The summed E-state index contributed by atoms with van der Waals surface area (Å²) in [5, 5.41) is 0. The standard InChI is InChI=1S/C12H20ClNO/c13-8-7-12(15)14-9-3-5-10-4-1-2-6-11(10)14/h10-11H,1-9H2. The minimum Gasteiger partial charge on any atom is -0.339 e. The van der Waals surface area contributed by atoms with Crippen molar-refractivity contribution in [3.8, 4) is 0 Å². The van der Waals surface area contributed by atoms with Gasteiger partial charge >= 0.3 is 0 Å². The lowest BCUT2D eigenvalue weighted by molar-refractivity contribution is -0.137. The van der Waals surface area contributed by atoms with E-state index in [1.165, 1.54) is 38.5 Å². The van der Waals surface area contributed by atoms with Crippen LogP contribution in [0.5, 0.6) is 0 Å². The first-order valence-electron chi connectivity index (χ1n) is 6.18. The monoisotopic (exact) mass is 229 g/mol. The third-order valence-electron chi connectivity index (χ3n) is 3.87. The van der Waals surface area contributed by atoms with Crippen molar-refractivity contribution in [1.82, 2.24) is 4.90 Å². The van der Waals surface area contributed by atoms with Crippen molar-refractivity contribution in [2.45, 2.75) is 51.0 Å². The number of piperidine rings is 1. The van der Waals surface area contributed by atoms with Crippen molar-refractivity contribution in [2.24, 2.45) is 5.92 Å². The van der Waals surface area contributed by atoms with Gasteiger partial charge < -0.3 is 4.90 Å². The van der Waals surface area contributed by atoms with Gasteiger partial charge in [0.2, 0.25) is 5.91 Å². The van der Waals surface area contributed by atoms with E-state index in [0.29, 0.717) is 18.3 Å². The molecule has 15 heavy (non-hydrogen) atoms. The maximum absolute atomic E-state index is 11.9. The number of fused-ring (bicyclic) bond motifs is 1. The lowest BCUT2D eigenvalue weighted by Gasteiger charge is -2.44. The first kappa shape index (κ1) is 11.3. The molecule has 1 aliphatic carbocycles. The molecule has 2 atom stereocenters. The zero-order valence-electron chi connectivity index (χ0n) is 9.25. The Hall–Kier alpha value is -0.240. The van der Waals surface area contributed by atoms with E-state index in [-0.39, 0.29) is 5.91 Å². The zero-order chi connectivity index (χ0) is 10.7. The maximum atomic E-state index is 11.9. The number of likely N-dealkylation sites (tertiary alicyclic amines) is 1. The smallest absolute Gasteiger partial charge is 0.224 e. The van der Waals surface area contributed by atoms with Crippen LogP contribution in [0.1, 0.15) is 44.9 Å². The van der Waals surface area contributed by atoms with Crippen molar-refractivity contribution in [1.29, 1.82) is 0 Å². The Bertz CT molecular complexity index is 230. The van der Waals surface area contributed by atoms with Crippen LogP contribution in [0.25, 0.3) is 0 Å². The molecule has 0 radical (unpaired) electrons. The molecule has 2 nitrogen and oxygen atoms in total. The van der Waals surface area contributed by atoms with Crippen LogP contribution in [-0.2, 0) is 4.79 Å². The Morgan fingerprint density at radius 2 is 1.93 bits per heavy atom. The number of amides is 1. The van der Waals surface area contributed by atoms with Crippen LogP contribution in [0, 0.1) is 5.92 Å². The molecule has 2 rings (SSSR count). The highest BCUT2D eigenvalue weighted by molar-refractivity contribution is 6.18. The predicted octanol–water partition coefficient (Wildman–Crippen LogP) is 2.80. The molecule has 0 aromatic heterocycles. The van der Waals surface area contributed by atoms with Crippen LogP contribution in [0.4, 0.5) is 0 Å². The summed E-state index contributed by atoms with van der Waals surface area (Å²) in [6.45, 7) is 0.969. The van der Waals surface area contributed by atoms with E-state index in [4.69, 9.17) is 11.6 Å². The SMILES string of the molecule is O=C(CCCl)N1CCCC2CCCCC21. The lowest BCUT2D eigenvalue weighted by Crippen LogP contribution is -2.49. The van der Waals surface area contributed by atoms with Crippen LogP contribution in [0.15, 0.2) is 0 Å². The summed E-state index contributed by atoms with van der Waals surface area (Å²) in [5.74, 6) is 1.53. The van der Waals surface area contributed by atoms with E-state index >= 15 is 0 Å². The van der Waals surface area contributed by atoms with E-state index in [0.717, 1.165) is 12.5 Å². The summed E-state index contributed by atoms with van der Waals surface area (Å²) in [4.78, 5) is 14.0. The second-order valence-electron chi connectivity index (χ2n) is 4.78. The number of nitrogens with zero attached hydrogens (tertiary/aromatic N) is 1. The van der Waals surface area contributed by atoms with Gasteiger partial charge in [0.25, 0.3) is 0 Å². The van der Waals surface area contributed by atoms with Gasteiger partial charge in [-0.15, -0.1) is 11.6 Å². The second-order valence-corrected chi connectivity index (χ2v) is 5.16. The molecule has 86 valence electrons. The van der Waals surface area contributed by atoms with Gasteiger partial charge in [0.1, 0.15) is 0 Å². The largest absolute Gasteiger partial charge is 0.339 e. The first-order valence-corrected chi connectivity index (χ1v) is 6.72. The second kappa shape index (κ2) is 5.20. The van der Waals surface area contributed by atoms with Gasteiger partial charge in [-0.25, -0.2) is 0 Å². The van der Waals surface area contributed by atoms with Crippen LogP contribution in [0.2, 0.25) is 0 Å². The van der Waals surface area contributed by atoms with Gasteiger partial charge in [0, 0.05) is 24.9 Å². The third-order valence-corrected chi connectivity index (χ3v) is 4.06. The van der Waals surface area contributed by atoms with Crippen LogP contribution in [0.3, 0.4) is 0 Å². The van der Waals surface area contributed by atoms with Gasteiger partial charge in [0.15, 0.2) is 0 Å². The Kier molecular flexibility index (Phi) is 3.90. The molecule has 0 aromatic carbocycles. The molecule has 1 aliphatic heterocycles. The molecule has 1 saturated carbocycles. The normalized spacial score (nSPS) is 31.1. The fraction of sp³-hybridized carbons (Fsp3) is 0.917. The van der Waals surface area contributed by atoms with Crippen LogP contribution < -0.4 is 0 Å². The Morgan fingerprint density at radius 1 is 1.20 bits per heavy atom. The molecular weight excluding hydrogens is 210 g/mol. The average Bonchev–Trinajstić information content (AvgIpc) is 2.28. The summed E-state index contributed by atoms with van der Waals surface area (Å²) in [6.07, 6.45) is 8.24. The van der Waals surface area contributed by atoms with Crippen molar-refractivity contribution < 1.29 is 4.79 Å². The number of carbonyl (C=O) groups is 1. The predicted molar refractivity (Wildman–Crippen MR) is 62.0 cm³/mol. The molecule has 0 N–H and O–H groups in total. The highest BCUT2D eigenvalue weighted by Crippen LogP contribution is 2.35. The quantitative estimate of drug-likeness (QED) is 0.667. The van der Waals surface area contributed by atoms with E-state index in [9.17, 15) is 4.79 Å². The van der Waals surface area contributed by atoms with Crippen molar-refractivity contribution in [3.63, 3.8) is 0 Å². The van der Waals surface area contributed by atoms with Gasteiger partial charge in [0.05, 0.1) is 0 Å². The first-order chi connectivity index (χ1) is 7.33. The lowest BCUT2D eigenvalue weighted by atomic mass is 9.78. The van der Waals surface area contributed by atoms with E-state index < -0.39 is 0 Å². The molecule has 2 aliphatic rings. The van der Waals surface area contributed by atoms with Gasteiger partial charge in [-0.3, -0.25) is 4.79 Å². The molecule has 0 bridgehead atoms. The van der Waals surface area contributed by atoms with Gasteiger partial charge in [-0.2, -0.15) is 0 Å². The summed E-state index contributed by atoms with van der Waals surface area (Å²) in [6, 6.07) is 0.545. The molecule has 1 amide bonds.